The molecule has 0 radical (unpaired) electrons. The van der Waals surface area contributed by atoms with Crippen LogP contribution in [0.1, 0.15) is 40.0 Å². The minimum Gasteiger partial charge on any atom is -0.340 e. The van der Waals surface area contributed by atoms with E-state index in [1.807, 2.05) is 0 Å². The molecule has 1 amide bonds. The molecule has 3 nitrogen and oxygen atoms in total. The standard InChI is InChI=1S/C15H28N2O/c1-4-13(12(2)3)11-16-7-9-17(10-8-16)15(18)14-5-6-14/h12-14H,4-11H2,1-3H3. The summed E-state index contributed by atoms with van der Waals surface area (Å²) in [6, 6.07) is 0. The second-order valence-electron chi connectivity index (χ2n) is 6.31. The Morgan fingerprint density at radius 3 is 2.22 bits per heavy atom. The molecule has 1 heterocycles. The molecule has 3 heteroatoms. The lowest BCUT2D eigenvalue weighted by Crippen LogP contribution is -2.50. The van der Waals surface area contributed by atoms with Gasteiger partial charge < -0.3 is 4.90 Å². The van der Waals surface area contributed by atoms with Crippen LogP contribution >= 0.6 is 0 Å². The lowest BCUT2D eigenvalue weighted by Gasteiger charge is -2.37. The lowest BCUT2D eigenvalue weighted by molar-refractivity contribution is -0.134. The van der Waals surface area contributed by atoms with Crippen LogP contribution in [-0.4, -0.2) is 48.4 Å². The molecule has 0 spiro atoms. The van der Waals surface area contributed by atoms with Crippen molar-refractivity contribution in [1.82, 2.24) is 9.80 Å². The normalized spacial score (nSPS) is 23.4. The van der Waals surface area contributed by atoms with E-state index in [2.05, 4.69) is 30.6 Å². The number of carbonyl (C=O) groups is 1. The quantitative estimate of drug-likeness (QED) is 0.749. The zero-order valence-electron chi connectivity index (χ0n) is 12.2. The van der Waals surface area contributed by atoms with Gasteiger partial charge in [-0.25, -0.2) is 0 Å². The van der Waals surface area contributed by atoms with Crippen LogP contribution < -0.4 is 0 Å². The summed E-state index contributed by atoms with van der Waals surface area (Å²) < 4.78 is 0. The molecule has 0 N–H and O–H groups in total. The predicted molar refractivity (Wildman–Crippen MR) is 74.4 cm³/mol. The second kappa shape index (κ2) is 6.05. The minimum atomic E-state index is 0.385. The number of carbonyl (C=O) groups excluding carboxylic acids is 1. The van der Waals surface area contributed by atoms with Gasteiger partial charge in [-0.2, -0.15) is 0 Å². The maximum Gasteiger partial charge on any atom is 0.225 e. The predicted octanol–water partition coefficient (Wildman–Crippen LogP) is 2.22. The van der Waals surface area contributed by atoms with Crippen molar-refractivity contribution in [3.05, 3.63) is 0 Å². The van der Waals surface area contributed by atoms with Crippen LogP contribution in [0.3, 0.4) is 0 Å². The molecule has 0 bridgehead atoms. The van der Waals surface area contributed by atoms with Crippen LogP contribution in [0.5, 0.6) is 0 Å². The van der Waals surface area contributed by atoms with Gasteiger partial charge in [0, 0.05) is 38.6 Å². The van der Waals surface area contributed by atoms with Gasteiger partial charge in [-0.05, 0) is 24.7 Å². The summed E-state index contributed by atoms with van der Waals surface area (Å²) in [5.41, 5.74) is 0. The summed E-state index contributed by atoms with van der Waals surface area (Å²) >= 11 is 0. The van der Waals surface area contributed by atoms with Crippen LogP contribution in [-0.2, 0) is 4.79 Å². The van der Waals surface area contributed by atoms with Crippen molar-refractivity contribution in [3.8, 4) is 0 Å². The van der Waals surface area contributed by atoms with Crippen molar-refractivity contribution in [3.63, 3.8) is 0 Å². The Balaban J connectivity index is 1.74. The van der Waals surface area contributed by atoms with E-state index >= 15 is 0 Å². The highest BCUT2D eigenvalue weighted by Gasteiger charge is 2.34. The molecule has 0 aromatic carbocycles. The Labute approximate surface area is 112 Å². The number of hydrogen-bond donors (Lipinski definition) is 0. The van der Waals surface area contributed by atoms with Gasteiger partial charge in [-0.1, -0.05) is 27.2 Å². The van der Waals surface area contributed by atoms with E-state index in [1.54, 1.807) is 0 Å². The molecule has 18 heavy (non-hydrogen) atoms. The van der Waals surface area contributed by atoms with Crippen molar-refractivity contribution in [2.75, 3.05) is 32.7 Å². The third-order valence-corrected chi connectivity index (χ3v) is 4.57. The Hall–Kier alpha value is -0.570. The molecule has 0 aromatic rings. The summed E-state index contributed by atoms with van der Waals surface area (Å²) in [5, 5.41) is 0. The van der Waals surface area contributed by atoms with E-state index in [0.29, 0.717) is 11.8 Å². The third-order valence-electron chi connectivity index (χ3n) is 4.57. The molecule has 1 aliphatic heterocycles. The minimum absolute atomic E-state index is 0.385. The van der Waals surface area contributed by atoms with Crippen molar-refractivity contribution in [2.45, 2.75) is 40.0 Å². The first-order valence-electron chi connectivity index (χ1n) is 7.63. The van der Waals surface area contributed by atoms with Gasteiger partial charge in [-0.15, -0.1) is 0 Å². The van der Waals surface area contributed by atoms with Crippen LogP contribution in [0.4, 0.5) is 0 Å². The van der Waals surface area contributed by atoms with Crippen LogP contribution in [0.15, 0.2) is 0 Å². The Morgan fingerprint density at radius 1 is 1.17 bits per heavy atom. The molecule has 1 aliphatic carbocycles. The van der Waals surface area contributed by atoms with Crippen molar-refractivity contribution in [1.29, 1.82) is 0 Å². The molecule has 2 rings (SSSR count). The summed E-state index contributed by atoms with van der Waals surface area (Å²) in [6.07, 6.45) is 3.52. The smallest absolute Gasteiger partial charge is 0.225 e. The maximum atomic E-state index is 12.0. The molecule has 1 atom stereocenters. The first-order valence-corrected chi connectivity index (χ1v) is 7.63. The van der Waals surface area contributed by atoms with E-state index in [1.165, 1.54) is 13.0 Å². The highest BCUT2D eigenvalue weighted by atomic mass is 16.2. The molecule has 0 aromatic heterocycles. The Morgan fingerprint density at radius 2 is 1.78 bits per heavy atom. The molecule has 1 saturated carbocycles. The van der Waals surface area contributed by atoms with Crippen molar-refractivity contribution >= 4 is 5.91 Å². The summed E-state index contributed by atoms with van der Waals surface area (Å²) in [4.78, 5) is 16.6. The SMILES string of the molecule is CCC(CN1CCN(C(=O)C2CC2)CC1)C(C)C. The van der Waals surface area contributed by atoms with Gasteiger partial charge in [-0.3, -0.25) is 9.69 Å². The topological polar surface area (TPSA) is 23.6 Å². The number of rotatable bonds is 5. The van der Waals surface area contributed by atoms with E-state index in [4.69, 9.17) is 0 Å². The van der Waals surface area contributed by atoms with E-state index in [0.717, 1.165) is 50.9 Å². The highest BCUT2D eigenvalue weighted by molar-refractivity contribution is 5.81. The molecule has 2 fully saturated rings. The molecule has 2 aliphatic rings. The number of piperazine rings is 1. The maximum absolute atomic E-state index is 12.0. The molecular weight excluding hydrogens is 224 g/mol. The molecule has 104 valence electrons. The second-order valence-corrected chi connectivity index (χ2v) is 6.31. The fourth-order valence-corrected chi connectivity index (χ4v) is 2.88. The Kier molecular flexibility index (Phi) is 4.66. The Bertz CT molecular complexity index is 278. The molecule has 1 unspecified atom stereocenters. The average molecular weight is 252 g/mol. The zero-order chi connectivity index (χ0) is 13.1. The third kappa shape index (κ3) is 3.47. The average Bonchev–Trinajstić information content (AvgIpc) is 3.19. The highest BCUT2D eigenvalue weighted by Crippen LogP contribution is 2.31. The number of amides is 1. The van der Waals surface area contributed by atoms with Gasteiger partial charge in [0.2, 0.25) is 5.91 Å². The van der Waals surface area contributed by atoms with Gasteiger partial charge in [0.05, 0.1) is 0 Å². The first kappa shape index (κ1) is 13.9. The largest absolute Gasteiger partial charge is 0.340 e. The molecule has 1 saturated heterocycles. The summed E-state index contributed by atoms with van der Waals surface area (Å²) in [5.74, 6) is 2.37. The monoisotopic (exact) mass is 252 g/mol. The van der Waals surface area contributed by atoms with Crippen LogP contribution in [0.25, 0.3) is 0 Å². The van der Waals surface area contributed by atoms with Gasteiger partial charge in [0.25, 0.3) is 0 Å². The van der Waals surface area contributed by atoms with Gasteiger partial charge in [0.15, 0.2) is 0 Å². The molecular formula is C15H28N2O. The van der Waals surface area contributed by atoms with Crippen LogP contribution in [0, 0.1) is 17.8 Å². The lowest BCUT2D eigenvalue weighted by atomic mass is 9.92. The first-order chi connectivity index (χ1) is 8.61. The van der Waals surface area contributed by atoms with E-state index in [9.17, 15) is 4.79 Å². The summed E-state index contributed by atoms with van der Waals surface area (Å²) in [7, 11) is 0. The fourth-order valence-electron chi connectivity index (χ4n) is 2.88. The number of nitrogens with zero attached hydrogens (tertiary/aromatic N) is 2. The van der Waals surface area contributed by atoms with Crippen molar-refractivity contribution in [2.24, 2.45) is 17.8 Å². The van der Waals surface area contributed by atoms with E-state index in [-0.39, 0.29) is 0 Å². The zero-order valence-corrected chi connectivity index (χ0v) is 12.2. The van der Waals surface area contributed by atoms with Gasteiger partial charge >= 0.3 is 0 Å². The van der Waals surface area contributed by atoms with E-state index < -0.39 is 0 Å². The van der Waals surface area contributed by atoms with Crippen molar-refractivity contribution < 1.29 is 4.79 Å². The summed E-state index contributed by atoms with van der Waals surface area (Å²) in [6.45, 7) is 12.2. The fraction of sp³-hybridized carbons (Fsp3) is 0.933. The number of hydrogen-bond acceptors (Lipinski definition) is 2. The van der Waals surface area contributed by atoms with Crippen LogP contribution in [0.2, 0.25) is 0 Å². The van der Waals surface area contributed by atoms with Gasteiger partial charge in [0.1, 0.15) is 0 Å².